The molecule has 0 saturated heterocycles. The third kappa shape index (κ3) is 2.31. The van der Waals surface area contributed by atoms with Crippen molar-refractivity contribution in [2.45, 2.75) is 57.5 Å². The van der Waals surface area contributed by atoms with Crippen molar-refractivity contribution in [1.29, 1.82) is 0 Å². The number of nitrogens with one attached hydrogen (secondary N) is 2. The van der Waals surface area contributed by atoms with Crippen LogP contribution in [-0.4, -0.2) is 28.7 Å². The number of carboxylic acids is 1. The molecule has 2 saturated carbocycles. The molecule has 0 aliphatic heterocycles. The van der Waals surface area contributed by atoms with E-state index in [9.17, 15) is 9.59 Å². The summed E-state index contributed by atoms with van der Waals surface area (Å²) in [7, 11) is 0. The summed E-state index contributed by atoms with van der Waals surface area (Å²) in [6, 6.07) is -0.158. The Hall–Kier alpha value is -1.26. The number of amides is 2. The van der Waals surface area contributed by atoms with Gasteiger partial charge in [0, 0.05) is 6.04 Å². The van der Waals surface area contributed by atoms with Gasteiger partial charge in [0.05, 0.1) is 0 Å². The second-order valence-corrected chi connectivity index (χ2v) is 5.86. The molecule has 0 aromatic rings. The number of urea groups is 1. The van der Waals surface area contributed by atoms with E-state index in [1.165, 1.54) is 0 Å². The zero-order chi connectivity index (χ0) is 13.3. The van der Waals surface area contributed by atoms with Crippen LogP contribution in [0.4, 0.5) is 4.79 Å². The normalized spacial score (nSPS) is 33.6. The molecule has 3 atom stereocenters. The molecular weight excluding hydrogens is 232 g/mol. The molecule has 0 radical (unpaired) electrons. The topological polar surface area (TPSA) is 78.4 Å². The Morgan fingerprint density at radius 3 is 2.28 bits per heavy atom. The number of carboxylic acid groups (broad SMARTS) is 1. The van der Waals surface area contributed by atoms with Crippen molar-refractivity contribution in [3.63, 3.8) is 0 Å². The average Bonchev–Trinajstić information content (AvgIpc) is 2.55. The van der Waals surface area contributed by atoms with Crippen LogP contribution in [0.3, 0.4) is 0 Å². The largest absolute Gasteiger partial charge is 0.480 e. The van der Waals surface area contributed by atoms with Gasteiger partial charge in [-0.2, -0.15) is 0 Å². The molecule has 0 aromatic heterocycles. The van der Waals surface area contributed by atoms with Gasteiger partial charge in [-0.25, -0.2) is 9.59 Å². The number of aliphatic carboxylic acids is 1. The lowest BCUT2D eigenvalue weighted by molar-refractivity contribution is -0.148. The van der Waals surface area contributed by atoms with Crippen LogP contribution in [0.15, 0.2) is 0 Å². The van der Waals surface area contributed by atoms with Gasteiger partial charge in [-0.1, -0.05) is 13.8 Å². The lowest BCUT2D eigenvalue weighted by Crippen LogP contribution is -2.62. The summed E-state index contributed by atoms with van der Waals surface area (Å²) in [5.74, 6) is 0.155. The van der Waals surface area contributed by atoms with Gasteiger partial charge < -0.3 is 15.7 Å². The van der Waals surface area contributed by atoms with Crippen LogP contribution in [0, 0.1) is 11.8 Å². The number of carbonyl (C=O) groups excluding carboxylic acids is 1. The molecule has 2 aliphatic rings. The van der Waals surface area contributed by atoms with Crippen molar-refractivity contribution in [3.8, 4) is 0 Å². The fourth-order valence-electron chi connectivity index (χ4n) is 2.91. The highest BCUT2D eigenvalue weighted by Crippen LogP contribution is 2.33. The van der Waals surface area contributed by atoms with Crippen molar-refractivity contribution < 1.29 is 14.7 Å². The molecule has 2 rings (SSSR count). The predicted molar refractivity (Wildman–Crippen MR) is 67.2 cm³/mol. The summed E-state index contributed by atoms with van der Waals surface area (Å²) in [5, 5.41) is 14.7. The molecule has 5 heteroatoms. The van der Waals surface area contributed by atoms with E-state index in [4.69, 9.17) is 5.11 Å². The minimum atomic E-state index is -1.02. The zero-order valence-electron chi connectivity index (χ0n) is 11.0. The first-order valence-corrected chi connectivity index (χ1v) is 6.77. The molecule has 18 heavy (non-hydrogen) atoms. The van der Waals surface area contributed by atoms with Gasteiger partial charge in [-0.3, -0.25) is 0 Å². The van der Waals surface area contributed by atoms with Gasteiger partial charge in [0.15, 0.2) is 0 Å². The fourth-order valence-corrected chi connectivity index (χ4v) is 2.91. The van der Waals surface area contributed by atoms with Gasteiger partial charge in [0.1, 0.15) is 5.54 Å². The van der Waals surface area contributed by atoms with E-state index in [0.29, 0.717) is 24.7 Å². The van der Waals surface area contributed by atoms with Crippen molar-refractivity contribution in [2.24, 2.45) is 11.8 Å². The number of rotatable bonds is 3. The summed E-state index contributed by atoms with van der Waals surface area (Å²) in [6.45, 7) is 4.33. The highest BCUT2D eigenvalue weighted by molar-refractivity contribution is 5.87. The zero-order valence-corrected chi connectivity index (χ0v) is 11.0. The van der Waals surface area contributed by atoms with Crippen molar-refractivity contribution in [2.75, 3.05) is 0 Å². The fraction of sp³-hybridized carbons (Fsp3) is 0.846. The Balaban J connectivity index is 1.87. The third-order valence-electron chi connectivity index (χ3n) is 4.75. The summed E-state index contributed by atoms with van der Waals surface area (Å²) in [6.07, 6.45) is 4.04. The number of hydrogen-bond acceptors (Lipinski definition) is 2. The average molecular weight is 254 g/mol. The van der Waals surface area contributed by atoms with E-state index in [2.05, 4.69) is 24.5 Å². The van der Waals surface area contributed by atoms with E-state index < -0.39 is 11.5 Å². The van der Waals surface area contributed by atoms with Crippen LogP contribution in [0.2, 0.25) is 0 Å². The predicted octanol–water partition coefficient (Wildman–Crippen LogP) is 1.73. The van der Waals surface area contributed by atoms with E-state index in [1.54, 1.807) is 0 Å². The number of hydrogen-bond donors (Lipinski definition) is 3. The Morgan fingerprint density at radius 2 is 1.89 bits per heavy atom. The molecule has 102 valence electrons. The van der Waals surface area contributed by atoms with E-state index in [-0.39, 0.29) is 12.1 Å². The minimum Gasteiger partial charge on any atom is -0.480 e. The monoisotopic (exact) mass is 254 g/mol. The molecule has 3 N–H and O–H groups in total. The first-order valence-electron chi connectivity index (χ1n) is 6.77. The van der Waals surface area contributed by atoms with Crippen LogP contribution in [0.1, 0.15) is 46.0 Å². The molecule has 2 amide bonds. The van der Waals surface area contributed by atoms with E-state index >= 15 is 0 Å². The minimum absolute atomic E-state index is 0.172. The molecule has 0 spiro atoms. The van der Waals surface area contributed by atoms with Crippen molar-refractivity contribution in [3.05, 3.63) is 0 Å². The SMILES string of the molecule is CC1CCC(NC(=O)NC2(C(=O)O)CCC2)C1C. The molecule has 0 bridgehead atoms. The van der Waals surface area contributed by atoms with Crippen LogP contribution < -0.4 is 10.6 Å². The highest BCUT2D eigenvalue weighted by atomic mass is 16.4. The van der Waals surface area contributed by atoms with Crippen LogP contribution >= 0.6 is 0 Å². The van der Waals surface area contributed by atoms with Crippen LogP contribution in [0.25, 0.3) is 0 Å². The standard InChI is InChI=1S/C13H22N2O3/c1-8-4-5-10(9(8)2)14-12(18)15-13(11(16)17)6-3-7-13/h8-10H,3-7H2,1-2H3,(H,16,17)(H2,14,15,18). The van der Waals surface area contributed by atoms with E-state index in [1.807, 2.05) is 0 Å². The van der Waals surface area contributed by atoms with Gasteiger partial charge in [-0.05, 0) is 43.9 Å². The summed E-state index contributed by atoms with van der Waals surface area (Å²) in [5.41, 5.74) is -1.02. The maximum atomic E-state index is 11.9. The van der Waals surface area contributed by atoms with Gasteiger partial charge in [0.2, 0.25) is 0 Å². The van der Waals surface area contributed by atoms with Gasteiger partial charge in [0.25, 0.3) is 0 Å². The highest BCUT2D eigenvalue weighted by Gasteiger charge is 2.46. The van der Waals surface area contributed by atoms with Gasteiger partial charge >= 0.3 is 12.0 Å². The lowest BCUT2D eigenvalue weighted by Gasteiger charge is -2.38. The quantitative estimate of drug-likeness (QED) is 0.717. The maximum absolute atomic E-state index is 11.9. The smallest absolute Gasteiger partial charge is 0.329 e. The maximum Gasteiger partial charge on any atom is 0.329 e. The Kier molecular flexibility index (Phi) is 3.50. The summed E-state index contributed by atoms with van der Waals surface area (Å²) < 4.78 is 0. The Morgan fingerprint density at radius 1 is 1.22 bits per heavy atom. The molecule has 2 aliphatic carbocycles. The summed E-state index contributed by atoms with van der Waals surface area (Å²) in [4.78, 5) is 23.0. The molecular formula is C13H22N2O3. The molecule has 2 fully saturated rings. The lowest BCUT2D eigenvalue weighted by atomic mass is 9.77. The second-order valence-electron chi connectivity index (χ2n) is 5.86. The first-order chi connectivity index (χ1) is 8.44. The summed E-state index contributed by atoms with van der Waals surface area (Å²) >= 11 is 0. The van der Waals surface area contributed by atoms with Crippen LogP contribution in [-0.2, 0) is 4.79 Å². The molecule has 5 nitrogen and oxygen atoms in total. The van der Waals surface area contributed by atoms with Crippen molar-refractivity contribution in [1.82, 2.24) is 10.6 Å². The van der Waals surface area contributed by atoms with E-state index in [0.717, 1.165) is 19.3 Å². The molecule has 0 heterocycles. The van der Waals surface area contributed by atoms with Crippen molar-refractivity contribution >= 4 is 12.0 Å². The second kappa shape index (κ2) is 4.78. The first kappa shape index (κ1) is 13.2. The van der Waals surface area contributed by atoms with Crippen LogP contribution in [0.5, 0.6) is 0 Å². The molecule has 0 aromatic carbocycles. The number of carbonyl (C=O) groups is 2. The molecule has 3 unspecified atom stereocenters. The Labute approximate surface area is 107 Å². The third-order valence-corrected chi connectivity index (χ3v) is 4.75. The Bertz CT molecular complexity index is 352. The van der Waals surface area contributed by atoms with Gasteiger partial charge in [-0.15, -0.1) is 0 Å².